The third kappa shape index (κ3) is 3.23. The van der Waals surface area contributed by atoms with Crippen molar-refractivity contribution in [3.05, 3.63) is 16.7 Å². The van der Waals surface area contributed by atoms with Crippen LogP contribution in [0.15, 0.2) is 11.1 Å². The molecule has 110 valence electrons. The molecule has 10 nitrogen and oxygen atoms in total. The Morgan fingerprint density at radius 2 is 2.30 bits per heavy atom. The number of hydrogen-bond acceptors (Lipinski definition) is 6. The van der Waals surface area contributed by atoms with Crippen LogP contribution in [-0.2, 0) is 9.30 Å². The van der Waals surface area contributed by atoms with Gasteiger partial charge in [0.1, 0.15) is 6.35 Å². The van der Waals surface area contributed by atoms with Crippen LogP contribution in [0.1, 0.15) is 13.0 Å². The predicted molar refractivity (Wildman–Crippen MR) is 70.1 cm³/mol. The van der Waals surface area contributed by atoms with E-state index in [2.05, 4.69) is 15.0 Å². The summed E-state index contributed by atoms with van der Waals surface area (Å²) in [5, 5.41) is 0. The molecule has 0 aliphatic rings. The van der Waals surface area contributed by atoms with E-state index in [1.165, 1.54) is 6.33 Å². The molecule has 0 bridgehead atoms. The van der Waals surface area contributed by atoms with E-state index in [0.29, 0.717) is 5.65 Å². The highest BCUT2D eigenvalue weighted by molar-refractivity contribution is 7.51. The molecule has 0 fully saturated rings. The van der Waals surface area contributed by atoms with Crippen molar-refractivity contribution in [2.45, 2.75) is 13.0 Å². The van der Waals surface area contributed by atoms with Gasteiger partial charge >= 0.3 is 7.60 Å². The second-order valence-corrected chi connectivity index (χ2v) is 5.88. The number of nitrogens with zero attached hydrogens (tertiary/aromatic N) is 3. The highest BCUT2D eigenvalue weighted by atomic mass is 31.2. The van der Waals surface area contributed by atoms with Crippen molar-refractivity contribution >= 4 is 24.7 Å². The van der Waals surface area contributed by atoms with Crippen LogP contribution in [-0.4, -0.2) is 42.3 Å². The summed E-state index contributed by atoms with van der Waals surface area (Å²) in [6.07, 6.45) is 0.734. The Kier molecular flexibility index (Phi) is 3.91. The maximum absolute atomic E-state index is 11.6. The number of ether oxygens (including phenoxy) is 1. The molecule has 1 atom stereocenters. The monoisotopic (exact) mass is 303 g/mol. The van der Waals surface area contributed by atoms with Crippen LogP contribution in [0.2, 0.25) is 0 Å². The van der Waals surface area contributed by atoms with Gasteiger partial charge in [0.05, 0.1) is 19.0 Å². The summed E-state index contributed by atoms with van der Waals surface area (Å²) in [6, 6.07) is -0.319. The molecule has 0 radical (unpaired) electrons. The second-order valence-electron chi connectivity index (χ2n) is 4.29. The molecule has 2 heterocycles. The van der Waals surface area contributed by atoms with E-state index in [-0.39, 0.29) is 24.1 Å². The van der Waals surface area contributed by atoms with E-state index in [1.54, 1.807) is 11.5 Å². The van der Waals surface area contributed by atoms with Crippen LogP contribution in [0, 0.1) is 0 Å². The van der Waals surface area contributed by atoms with Crippen LogP contribution >= 0.6 is 7.60 Å². The lowest BCUT2D eigenvalue weighted by molar-refractivity contribution is 0.130. The first kappa shape index (κ1) is 14.7. The molecule has 0 saturated carbocycles. The van der Waals surface area contributed by atoms with E-state index in [4.69, 9.17) is 20.3 Å². The molecular weight excluding hydrogens is 289 g/mol. The Bertz CT molecular complexity index is 719. The first-order valence-electron chi connectivity index (χ1n) is 5.62. The van der Waals surface area contributed by atoms with Gasteiger partial charge < -0.3 is 24.8 Å². The molecule has 0 saturated heterocycles. The fourth-order valence-corrected chi connectivity index (χ4v) is 2.03. The number of rotatable bonds is 5. The lowest BCUT2D eigenvalue weighted by Crippen LogP contribution is -2.15. The van der Waals surface area contributed by atoms with Gasteiger partial charge in [-0.1, -0.05) is 0 Å². The zero-order valence-corrected chi connectivity index (χ0v) is 11.4. The Hall–Kier alpha value is -1.74. The summed E-state index contributed by atoms with van der Waals surface area (Å²) in [5.74, 6) is -0.0346. The normalized spacial score (nSPS) is 13.8. The van der Waals surface area contributed by atoms with Crippen LogP contribution in [0.4, 0.5) is 5.95 Å². The Morgan fingerprint density at radius 1 is 1.60 bits per heavy atom. The van der Waals surface area contributed by atoms with Crippen molar-refractivity contribution in [1.82, 2.24) is 19.5 Å². The summed E-state index contributed by atoms with van der Waals surface area (Å²) in [5.41, 5.74) is 5.45. The number of nitrogen functional groups attached to an aromatic ring is 1. The average Bonchev–Trinajstić information content (AvgIpc) is 2.70. The number of aromatic nitrogens is 4. The average molecular weight is 303 g/mol. The lowest BCUT2D eigenvalue weighted by atomic mass is 10.3. The van der Waals surface area contributed by atoms with Gasteiger partial charge in [0.25, 0.3) is 5.56 Å². The first-order valence-corrected chi connectivity index (χ1v) is 7.42. The smallest absolute Gasteiger partial charge is 0.350 e. The quantitative estimate of drug-likeness (QED) is 0.534. The predicted octanol–water partition coefficient (Wildman–Crippen LogP) is -0.585. The van der Waals surface area contributed by atoms with Crippen molar-refractivity contribution in [3.63, 3.8) is 0 Å². The van der Waals surface area contributed by atoms with E-state index in [9.17, 15) is 9.36 Å². The van der Waals surface area contributed by atoms with Crippen molar-refractivity contribution in [2.24, 2.45) is 0 Å². The zero-order chi connectivity index (χ0) is 14.9. The number of anilines is 1. The maximum Gasteiger partial charge on any atom is 0.350 e. The number of H-pyrrole nitrogens is 1. The van der Waals surface area contributed by atoms with Gasteiger partial charge in [-0.3, -0.25) is 14.3 Å². The van der Waals surface area contributed by atoms with Crippen molar-refractivity contribution in [2.75, 3.05) is 18.7 Å². The highest BCUT2D eigenvalue weighted by Crippen LogP contribution is 2.34. The van der Waals surface area contributed by atoms with Gasteiger partial charge in [-0.25, -0.2) is 4.98 Å². The second kappa shape index (κ2) is 5.33. The summed E-state index contributed by atoms with van der Waals surface area (Å²) in [7, 11) is -4.20. The summed E-state index contributed by atoms with van der Waals surface area (Å²) < 4.78 is 17.2. The van der Waals surface area contributed by atoms with Gasteiger partial charge in [0.2, 0.25) is 5.95 Å². The van der Waals surface area contributed by atoms with E-state index in [0.717, 1.165) is 0 Å². The fourth-order valence-electron chi connectivity index (χ4n) is 1.69. The van der Waals surface area contributed by atoms with E-state index < -0.39 is 19.5 Å². The van der Waals surface area contributed by atoms with Gasteiger partial charge in [-0.05, 0) is 6.92 Å². The Labute approximate surface area is 112 Å². The van der Waals surface area contributed by atoms with Gasteiger partial charge in [0, 0.05) is 0 Å². The molecule has 0 unspecified atom stereocenters. The standard InChI is InChI=1S/C9H14N5O5P/c1-5(2-19-4-20(16,17)18)14-3-11-6-7(14)12-9(10)13-8(6)15/h3,5H,2,4H2,1H3,(H2,16,17,18)(H3,10,12,13,15)/t5-/m1/s1. The molecular formula is C9H14N5O5P. The minimum Gasteiger partial charge on any atom is -0.369 e. The van der Waals surface area contributed by atoms with Crippen LogP contribution in [0.25, 0.3) is 11.2 Å². The van der Waals surface area contributed by atoms with E-state index >= 15 is 0 Å². The SMILES string of the molecule is C[C@H](COCP(=O)(O)O)n1cnc2c(=O)[nH]c(N)nc21. The van der Waals surface area contributed by atoms with Crippen molar-refractivity contribution in [3.8, 4) is 0 Å². The topological polar surface area (TPSA) is 156 Å². The number of hydrogen-bond donors (Lipinski definition) is 4. The number of nitrogens with one attached hydrogen (secondary N) is 1. The number of nitrogens with two attached hydrogens (primary N) is 1. The number of imidazole rings is 1. The number of fused-ring (bicyclic) bond motifs is 1. The fraction of sp³-hybridized carbons (Fsp3) is 0.444. The molecule has 11 heteroatoms. The highest BCUT2D eigenvalue weighted by Gasteiger charge is 2.17. The number of aromatic amines is 1. The third-order valence-corrected chi connectivity index (χ3v) is 3.06. The first-order chi connectivity index (χ1) is 9.28. The third-order valence-electron chi connectivity index (χ3n) is 2.54. The molecule has 2 rings (SSSR count). The molecule has 2 aromatic rings. The summed E-state index contributed by atoms with van der Waals surface area (Å²) in [6.45, 7) is 1.77. The van der Waals surface area contributed by atoms with Crippen LogP contribution in [0.5, 0.6) is 0 Å². The summed E-state index contributed by atoms with van der Waals surface area (Å²) in [4.78, 5) is 39.2. The maximum atomic E-state index is 11.6. The van der Waals surface area contributed by atoms with Crippen LogP contribution < -0.4 is 11.3 Å². The Morgan fingerprint density at radius 3 is 2.95 bits per heavy atom. The largest absolute Gasteiger partial charge is 0.369 e. The summed E-state index contributed by atoms with van der Waals surface area (Å²) >= 11 is 0. The molecule has 5 N–H and O–H groups in total. The van der Waals surface area contributed by atoms with Gasteiger partial charge in [-0.15, -0.1) is 0 Å². The molecule has 0 aliphatic carbocycles. The van der Waals surface area contributed by atoms with Crippen molar-refractivity contribution < 1.29 is 19.1 Å². The molecule has 0 aliphatic heterocycles. The molecule has 2 aromatic heterocycles. The minimum absolute atomic E-state index is 0.0327. The zero-order valence-electron chi connectivity index (χ0n) is 10.6. The lowest BCUT2D eigenvalue weighted by Gasteiger charge is -2.14. The van der Waals surface area contributed by atoms with E-state index in [1.807, 2.05) is 0 Å². The van der Waals surface area contributed by atoms with Crippen LogP contribution in [0.3, 0.4) is 0 Å². The molecule has 0 amide bonds. The molecule has 0 aromatic carbocycles. The van der Waals surface area contributed by atoms with Crippen molar-refractivity contribution in [1.29, 1.82) is 0 Å². The molecule has 20 heavy (non-hydrogen) atoms. The van der Waals surface area contributed by atoms with Gasteiger partial charge in [-0.2, -0.15) is 4.98 Å². The molecule has 0 spiro atoms. The van der Waals surface area contributed by atoms with Gasteiger partial charge in [0.15, 0.2) is 11.2 Å². The minimum atomic E-state index is -4.20. The Balaban J connectivity index is 2.20.